The minimum Gasteiger partial charge on any atom is -0.497 e. The Morgan fingerprint density at radius 2 is 2.14 bits per heavy atom. The van der Waals surface area contributed by atoms with Crippen molar-refractivity contribution in [1.82, 2.24) is 9.88 Å². The fourth-order valence-corrected chi connectivity index (χ4v) is 5.75. The Balaban J connectivity index is 2.01. The zero-order chi connectivity index (χ0) is 20.8. The number of aldehydes is 1. The standard InChI is InChI=1S/C22H26N2O5/c1-4-14-7-13-9-22(21(27)29-3,20(14)24(10-13)12-26)19-17(11-25)16-8-15(28-2)5-6-18(16)23-19/h5-6,8,11-14,20,23H,4,7,9-10H2,1-3H3/t13-,14-,20-,22+/m0/s1. The summed E-state index contributed by atoms with van der Waals surface area (Å²) < 4.78 is 10.6. The van der Waals surface area contributed by atoms with Gasteiger partial charge in [0.2, 0.25) is 6.41 Å². The highest BCUT2D eigenvalue weighted by atomic mass is 16.5. The van der Waals surface area contributed by atoms with Gasteiger partial charge < -0.3 is 19.4 Å². The number of benzene rings is 1. The number of aromatic nitrogens is 1. The SMILES string of the molecule is CC[C@H]1C[C@@H]2CN(C=O)[C@@H]1[C@](C(=O)OC)(c1[nH]c3ccc(OC)cc3c1C=O)C2. The Kier molecular flexibility index (Phi) is 4.84. The van der Waals surface area contributed by atoms with Gasteiger partial charge in [-0.1, -0.05) is 13.3 Å². The van der Waals surface area contributed by atoms with Gasteiger partial charge in [-0.25, -0.2) is 0 Å². The van der Waals surface area contributed by atoms with Gasteiger partial charge in [0.1, 0.15) is 11.2 Å². The number of methoxy groups -OCH3 is 2. The van der Waals surface area contributed by atoms with E-state index in [0.717, 1.165) is 31.1 Å². The van der Waals surface area contributed by atoms with E-state index in [4.69, 9.17) is 9.47 Å². The second-order valence-electron chi connectivity index (χ2n) is 8.13. The van der Waals surface area contributed by atoms with Crippen LogP contribution in [-0.4, -0.2) is 55.4 Å². The van der Waals surface area contributed by atoms with Crippen LogP contribution in [0.15, 0.2) is 18.2 Å². The number of aromatic amines is 1. The molecule has 7 heteroatoms. The number of hydrogen-bond donors (Lipinski definition) is 1. The normalized spacial score (nSPS) is 28.4. The number of piperidine rings is 2. The Bertz CT molecular complexity index is 968. The highest BCUT2D eigenvalue weighted by molar-refractivity contribution is 6.02. The number of carbonyl (C=O) groups is 3. The number of esters is 1. The number of hydrogen-bond acceptors (Lipinski definition) is 5. The molecule has 1 aromatic heterocycles. The van der Waals surface area contributed by atoms with Crippen LogP contribution in [0, 0.1) is 11.8 Å². The van der Waals surface area contributed by atoms with Crippen LogP contribution in [-0.2, 0) is 19.7 Å². The highest BCUT2D eigenvalue weighted by Gasteiger charge is 2.62. The van der Waals surface area contributed by atoms with Crippen molar-refractivity contribution >= 4 is 29.6 Å². The van der Waals surface area contributed by atoms with Crippen LogP contribution in [0.4, 0.5) is 0 Å². The third-order valence-corrected chi connectivity index (χ3v) is 6.84. The van der Waals surface area contributed by atoms with E-state index in [9.17, 15) is 14.4 Å². The monoisotopic (exact) mass is 398 g/mol. The number of nitrogens with one attached hydrogen (secondary N) is 1. The molecule has 3 aliphatic rings. The fourth-order valence-electron chi connectivity index (χ4n) is 5.75. The summed E-state index contributed by atoms with van der Waals surface area (Å²) in [5.74, 6) is 0.560. The van der Waals surface area contributed by atoms with Crippen molar-refractivity contribution in [3.63, 3.8) is 0 Å². The summed E-state index contributed by atoms with van der Waals surface area (Å²) >= 11 is 0. The van der Waals surface area contributed by atoms with Crippen LogP contribution >= 0.6 is 0 Å². The first-order valence-electron chi connectivity index (χ1n) is 9.98. The largest absolute Gasteiger partial charge is 0.497 e. The Morgan fingerprint density at radius 3 is 2.76 bits per heavy atom. The number of carbonyl (C=O) groups excluding carboxylic acids is 3. The van der Waals surface area contributed by atoms with Crippen LogP contribution < -0.4 is 4.74 Å². The van der Waals surface area contributed by atoms with Crippen molar-refractivity contribution in [3.05, 3.63) is 29.5 Å². The van der Waals surface area contributed by atoms with Crippen molar-refractivity contribution in [2.45, 2.75) is 37.6 Å². The summed E-state index contributed by atoms with van der Waals surface area (Å²) in [5.41, 5.74) is 0.623. The lowest BCUT2D eigenvalue weighted by Crippen LogP contribution is -2.67. The van der Waals surface area contributed by atoms with Gasteiger partial charge in [0.05, 0.1) is 20.3 Å². The average molecular weight is 398 g/mol. The first-order chi connectivity index (χ1) is 14.0. The van der Waals surface area contributed by atoms with Crippen molar-refractivity contribution in [1.29, 1.82) is 0 Å². The van der Waals surface area contributed by atoms with Crippen LogP contribution in [0.2, 0.25) is 0 Å². The molecular weight excluding hydrogens is 372 g/mol. The van der Waals surface area contributed by atoms with E-state index in [1.165, 1.54) is 7.11 Å². The first-order valence-corrected chi connectivity index (χ1v) is 9.98. The molecule has 154 valence electrons. The van der Waals surface area contributed by atoms with Crippen LogP contribution in [0.3, 0.4) is 0 Å². The predicted molar refractivity (Wildman–Crippen MR) is 107 cm³/mol. The van der Waals surface area contributed by atoms with E-state index < -0.39 is 11.4 Å². The third kappa shape index (κ3) is 2.67. The molecule has 1 N–H and O–H groups in total. The molecule has 1 aliphatic carbocycles. The molecule has 29 heavy (non-hydrogen) atoms. The zero-order valence-corrected chi connectivity index (χ0v) is 16.9. The number of fused-ring (bicyclic) bond motifs is 4. The minimum absolute atomic E-state index is 0.159. The molecule has 0 spiro atoms. The molecule has 0 radical (unpaired) electrons. The maximum absolute atomic E-state index is 13.3. The van der Waals surface area contributed by atoms with Crippen LogP contribution in [0.5, 0.6) is 5.75 Å². The highest BCUT2D eigenvalue weighted by Crippen LogP contribution is 2.53. The van der Waals surface area contributed by atoms with Crippen molar-refractivity contribution in [2.75, 3.05) is 20.8 Å². The number of nitrogens with zero attached hydrogens (tertiary/aromatic N) is 1. The van der Waals surface area contributed by atoms with Gasteiger partial charge in [-0.05, 0) is 42.9 Å². The molecule has 5 rings (SSSR count). The van der Waals surface area contributed by atoms with E-state index in [-0.39, 0.29) is 17.9 Å². The average Bonchev–Trinajstić information content (AvgIpc) is 3.15. The summed E-state index contributed by atoms with van der Waals surface area (Å²) in [6, 6.07) is 5.09. The summed E-state index contributed by atoms with van der Waals surface area (Å²) in [5, 5.41) is 0.699. The molecule has 2 aromatic rings. The third-order valence-electron chi connectivity index (χ3n) is 6.84. The molecule has 1 amide bonds. The Hall–Kier alpha value is -2.83. The first kappa shape index (κ1) is 19.5. The molecule has 2 saturated heterocycles. The fraction of sp³-hybridized carbons (Fsp3) is 0.500. The second kappa shape index (κ2) is 7.21. The van der Waals surface area contributed by atoms with Gasteiger partial charge in [0.25, 0.3) is 0 Å². The van der Waals surface area contributed by atoms with E-state index >= 15 is 0 Å². The topological polar surface area (TPSA) is 88.7 Å². The van der Waals surface area contributed by atoms with Gasteiger partial charge >= 0.3 is 5.97 Å². The van der Waals surface area contributed by atoms with E-state index in [1.54, 1.807) is 18.1 Å². The molecule has 2 bridgehead atoms. The Labute approximate surface area is 169 Å². The zero-order valence-electron chi connectivity index (χ0n) is 16.9. The minimum atomic E-state index is -1.10. The molecule has 4 atom stereocenters. The molecule has 7 nitrogen and oxygen atoms in total. The van der Waals surface area contributed by atoms with Gasteiger partial charge in [-0.15, -0.1) is 0 Å². The van der Waals surface area contributed by atoms with E-state index in [1.807, 2.05) is 12.1 Å². The number of rotatable bonds is 6. The maximum Gasteiger partial charge on any atom is 0.319 e. The predicted octanol–water partition coefficient (Wildman–Crippen LogP) is 2.68. The molecule has 2 aliphatic heterocycles. The lowest BCUT2D eigenvalue weighted by atomic mass is 9.56. The molecule has 1 saturated carbocycles. The summed E-state index contributed by atoms with van der Waals surface area (Å²) in [4.78, 5) is 42.6. The number of ether oxygens (including phenoxy) is 2. The maximum atomic E-state index is 13.3. The van der Waals surface area contributed by atoms with Crippen molar-refractivity contribution in [3.8, 4) is 5.75 Å². The van der Waals surface area contributed by atoms with Gasteiger partial charge in [-0.2, -0.15) is 0 Å². The molecule has 0 unspecified atom stereocenters. The smallest absolute Gasteiger partial charge is 0.319 e. The lowest BCUT2D eigenvalue weighted by molar-refractivity contribution is -0.164. The molecular formula is C22H26N2O5. The number of H-pyrrole nitrogens is 1. The quantitative estimate of drug-likeness (QED) is 0.597. The summed E-state index contributed by atoms with van der Waals surface area (Å²) in [6.45, 7) is 2.71. The van der Waals surface area contributed by atoms with Crippen molar-refractivity contribution in [2.24, 2.45) is 11.8 Å². The van der Waals surface area contributed by atoms with Crippen LogP contribution in [0.1, 0.15) is 42.2 Å². The number of amides is 1. The second-order valence-corrected chi connectivity index (χ2v) is 8.13. The van der Waals surface area contributed by atoms with Crippen LogP contribution in [0.25, 0.3) is 10.9 Å². The van der Waals surface area contributed by atoms with Gasteiger partial charge in [-0.3, -0.25) is 14.4 Å². The summed E-state index contributed by atoms with van der Waals surface area (Å²) in [7, 11) is 2.93. The van der Waals surface area contributed by atoms with Crippen molar-refractivity contribution < 1.29 is 23.9 Å². The van der Waals surface area contributed by atoms with E-state index in [0.29, 0.717) is 35.4 Å². The van der Waals surface area contributed by atoms with Gasteiger partial charge in [0, 0.05) is 28.7 Å². The van der Waals surface area contributed by atoms with E-state index in [2.05, 4.69) is 11.9 Å². The summed E-state index contributed by atoms with van der Waals surface area (Å²) in [6.07, 6.45) is 3.98. The molecule has 3 heterocycles. The molecule has 3 fully saturated rings. The Morgan fingerprint density at radius 1 is 1.34 bits per heavy atom. The van der Waals surface area contributed by atoms with Gasteiger partial charge in [0.15, 0.2) is 6.29 Å². The molecule has 1 aromatic carbocycles. The lowest BCUT2D eigenvalue weighted by Gasteiger charge is -2.57.